The van der Waals surface area contributed by atoms with Gasteiger partial charge in [-0.05, 0) is 12.8 Å². The quantitative estimate of drug-likeness (QED) is 0.505. The zero-order valence-electron chi connectivity index (χ0n) is 6.97. The van der Waals surface area contributed by atoms with Crippen molar-refractivity contribution in [3.05, 3.63) is 11.4 Å². The van der Waals surface area contributed by atoms with Crippen LogP contribution in [0.5, 0.6) is 0 Å². The zero-order valence-corrected chi connectivity index (χ0v) is 6.97. The normalized spacial score (nSPS) is 29.4. The molecule has 0 unspecified atom stereocenters. The Morgan fingerprint density at radius 1 is 1.09 bits per heavy atom. The Morgan fingerprint density at radius 3 is 2.18 bits per heavy atom. The van der Waals surface area contributed by atoms with Crippen LogP contribution in [-0.2, 0) is 0 Å². The van der Waals surface area contributed by atoms with E-state index in [4.69, 9.17) is 6.57 Å². The van der Waals surface area contributed by atoms with Gasteiger partial charge >= 0.3 is 0 Å². The maximum atomic E-state index is 7.13. The average molecular weight is 149 g/mol. The molecule has 0 radical (unpaired) electrons. The summed E-state index contributed by atoms with van der Waals surface area (Å²) < 4.78 is 0. The molecular weight excluding hydrogens is 134 g/mol. The van der Waals surface area contributed by atoms with Crippen LogP contribution in [-0.4, -0.2) is 5.54 Å². The zero-order chi connectivity index (χ0) is 7.73. The first-order chi connectivity index (χ1) is 5.37. The maximum Gasteiger partial charge on any atom is 0.236 e. The van der Waals surface area contributed by atoms with Crippen molar-refractivity contribution in [3.8, 4) is 0 Å². The van der Waals surface area contributed by atoms with E-state index >= 15 is 0 Å². The molecule has 0 saturated heterocycles. The minimum absolute atomic E-state index is 0.153. The lowest BCUT2D eigenvalue weighted by atomic mass is 9.82. The van der Waals surface area contributed by atoms with Gasteiger partial charge in [0.25, 0.3) is 0 Å². The van der Waals surface area contributed by atoms with Crippen molar-refractivity contribution in [2.24, 2.45) is 5.92 Å². The molecule has 60 valence electrons. The molecule has 0 aromatic carbocycles. The second-order valence-corrected chi connectivity index (χ2v) is 4.05. The van der Waals surface area contributed by atoms with Crippen LogP contribution in [0, 0.1) is 12.5 Å². The van der Waals surface area contributed by atoms with E-state index in [-0.39, 0.29) is 5.54 Å². The predicted molar refractivity (Wildman–Crippen MR) is 45.1 cm³/mol. The van der Waals surface area contributed by atoms with E-state index in [0.29, 0.717) is 0 Å². The van der Waals surface area contributed by atoms with E-state index in [9.17, 15) is 0 Å². The summed E-state index contributed by atoms with van der Waals surface area (Å²) in [5.41, 5.74) is 0.153. The second-order valence-electron chi connectivity index (χ2n) is 4.05. The van der Waals surface area contributed by atoms with Crippen molar-refractivity contribution in [2.75, 3.05) is 0 Å². The van der Waals surface area contributed by atoms with Gasteiger partial charge in [0.1, 0.15) is 0 Å². The number of rotatable bonds is 1. The van der Waals surface area contributed by atoms with Crippen molar-refractivity contribution in [3.63, 3.8) is 0 Å². The van der Waals surface area contributed by atoms with E-state index < -0.39 is 0 Å². The van der Waals surface area contributed by atoms with Gasteiger partial charge in [0, 0.05) is 18.8 Å². The van der Waals surface area contributed by atoms with Gasteiger partial charge in [-0.25, -0.2) is 6.57 Å². The molecule has 0 heterocycles. The van der Waals surface area contributed by atoms with Crippen molar-refractivity contribution in [2.45, 2.75) is 50.5 Å². The SMILES string of the molecule is [C-]#[N+]C1(C2CCCCC2)CC1. The Morgan fingerprint density at radius 2 is 1.73 bits per heavy atom. The minimum atomic E-state index is 0.153. The molecule has 0 amide bonds. The van der Waals surface area contributed by atoms with E-state index in [0.717, 1.165) is 5.92 Å². The lowest BCUT2D eigenvalue weighted by Crippen LogP contribution is -2.21. The molecule has 0 N–H and O–H groups in total. The fourth-order valence-electron chi connectivity index (χ4n) is 2.38. The van der Waals surface area contributed by atoms with Crippen LogP contribution in [0.3, 0.4) is 0 Å². The molecule has 1 nitrogen and oxygen atoms in total. The van der Waals surface area contributed by atoms with Crippen molar-refractivity contribution in [1.29, 1.82) is 0 Å². The molecule has 2 fully saturated rings. The molecule has 0 aromatic heterocycles. The molecule has 11 heavy (non-hydrogen) atoms. The highest BCUT2D eigenvalue weighted by molar-refractivity contribution is 5.15. The lowest BCUT2D eigenvalue weighted by Gasteiger charge is -2.22. The fourth-order valence-corrected chi connectivity index (χ4v) is 2.38. The van der Waals surface area contributed by atoms with Crippen LogP contribution < -0.4 is 0 Å². The molecule has 2 rings (SSSR count). The summed E-state index contributed by atoms with van der Waals surface area (Å²) in [4.78, 5) is 3.81. The van der Waals surface area contributed by atoms with Gasteiger partial charge in [-0.15, -0.1) is 0 Å². The average Bonchev–Trinajstić information content (AvgIpc) is 2.86. The summed E-state index contributed by atoms with van der Waals surface area (Å²) in [5, 5.41) is 0. The van der Waals surface area contributed by atoms with Crippen LogP contribution in [0.4, 0.5) is 0 Å². The standard InChI is InChI=1S/C10H15N/c1-11-10(7-8-10)9-5-3-2-4-6-9/h9H,2-8H2. The van der Waals surface area contributed by atoms with Gasteiger partial charge in [-0.1, -0.05) is 19.3 Å². The molecule has 0 atom stereocenters. The van der Waals surface area contributed by atoms with Gasteiger partial charge in [0.2, 0.25) is 5.54 Å². The molecule has 0 aliphatic heterocycles. The topological polar surface area (TPSA) is 4.36 Å². The molecule has 0 bridgehead atoms. The summed E-state index contributed by atoms with van der Waals surface area (Å²) in [7, 11) is 0. The van der Waals surface area contributed by atoms with Crippen molar-refractivity contribution >= 4 is 0 Å². The number of hydrogen-bond acceptors (Lipinski definition) is 0. The van der Waals surface area contributed by atoms with Gasteiger partial charge in [0.05, 0.1) is 0 Å². The molecular formula is C10H15N. The van der Waals surface area contributed by atoms with Crippen molar-refractivity contribution in [1.82, 2.24) is 0 Å². The summed E-state index contributed by atoms with van der Waals surface area (Å²) >= 11 is 0. The Balaban J connectivity index is 1.99. The van der Waals surface area contributed by atoms with Gasteiger partial charge in [0.15, 0.2) is 0 Å². The van der Waals surface area contributed by atoms with Crippen LogP contribution in [0.2, 0.25) is 0 Å². The van der Waals surface area contributed by atoms with Gasteiger partial charge in [-0.3, -0.25) is 0 Å². The van der Waals surface area contributed by atoms with E-state index in [1.54, 1.807) is 0 Å². The summed E-state index contributed by atoms with van der Waals surface area (Å²) in [6, 6.07) is 0. The minimum Gasteiger partial charge on any atom is -0.310 e. The van der Waals surface area contributed by atoms with Gasteiger partial charge < -0.3 is 4.85 Å². The second kappa shape index (κ2) is 2.52. The van der Waals surface area contributed by atoms with Crippen molar-refractivity contribution < 1.29 is 0 Å². The molecule has 0 spiro atoms. The monoisotopic (exact) mass is 149 g/mol. The van der Waals surface area contributed by atoms with E-state index in [1.807, 2.05) is 0 Å². The van der Waals surface area contributed by atoms with Crippen LogP contribution in [0.1, 0.15) is 44.9 Å². The summed E-state index contributed by atoms with van der Waals surface area (Å²) in [6.07, 6.45) is 9.22. The molecule has 1 heteroatoms. The first kappa shape index (κ1) is 7.16. The smallest absolute Gasteiger partial charge is 0.236 e. The first-order valence-electron chi connectivity index (χ1n) is 4.76. The number of nitrogens with zero attached hydrogens (tertiary/aromatic N) is 1. The highest BCUT2D eigenvalue weighted by Gasteiger charge is 2.56. The Bertz CT molecular complexity index is 180. The number of hydrogen-bond donors (Lipinski definition) is 0. The van der Waals surface area contributed by atoms with E-state index in [2.05, 4.69) is 4.85 Å². The maximum absolute atomic E-state index is 7.13. The lowest BCUT2D eigenvalue weighted by molar-refractivity contribution is 0.317. The molecule has 2 saturated carbocycles. The fraction of sp³-hybridized carbons (Fsp3) is 0.900. The van der Waals surface area contributed by atoms with Crippen LogP contribution in [0.15, 0.2) is 0 Å². The summed E-state index contributed by atoms with van der Waals surface area (Å²) in [5.74, 6) is 0.772. The Hall–Kier alpha value is -0.510. The highest BCUT2D eigenvalue weighted by Crippen LogP contribution is 2.51. The Kier molecular flexibility index (Phi) is 1.64. The molecule has 0 aromatic rings. The third-order valence-electron chi connectivity index (χ3n) is 3.35. The molecule has 2 aliphatic rings. The summed E-state index contributed by atoms with van der Waals surface area (Å²) in [6.45, 7) is 7.13. The Labute approximate surface area is 68.6 Å². The third kappa shape index (κ3) is 1.15. The molecule has 2 aliphatic carbocycles. The van der Waals surface area contributed by atoms with Crippen LogP contribution >= 0.6 is 0 Å². The predicted octanol–water partition coefficient (Wildman–Crippen LogP) is 3.02. The van der Waals surface area contributed by atoms with E-state index in [1.165, 1.54) is 44.9 Å². The largest absolute Gasteiger partial charge is 0.310 e. The van der Waals surface area contributed by atoms with Gasteiger partial charge in [-0.2, -0.15) is 0 Å². The first-order valence-corrected chi connectivity index (χ1v) is 4.76. The third-order valence-corrected chi connectivity index (χ3v) is 3.35. The highest BCUT2D eigenvalue weighted by atomic mass is 14.9. The van der Waals surface area contributed by atoms with Crippen LogP contribution in [0.25, 0.3) is 4.85 Å².